The zero-order chi connectivity index (χ0) is 12.3. The zero-order valence-electron chi connectivity index (χ0n) is 10.3. The van der Waals surface area contributed by atoms with E-state index in [0.717, 1.165) is 25.8 Å². The molecule has 1 aromatic rings. The number of piperidine rings is 1. The molecule has 3 heteroatoms. The van der Waals surface area contributed by atoms with Gasteiger partial charge in [0.05, 0.1) is 6.04 Å². The number of hydrogen-bond donors (Lipinski definition) is 1. The first-order valence-corrected chi connectivity index (χ1v) is 6.28. The number of carbonyl (C=O) groups excluding carboxylic acids is 1. The highest BCUT2D eigenvalue weighted by molar-refractivity contribution is 5.82. The summed E-state index contributed by atoms with van der Waals surface area (Å²) in [4.78, 5) is 13.9. The van der Waals surface area contributed by atoms with Gasteiger partial charge in [0, 0.05) is 12.6 Å². The van der Waals surface area contributed by atoms with E-state index in [2.05, 4.69) is 19.1 Å². The maximum Gasteiger partial charge on any atom is 0.239 e. The van der Waals surface area contributed by atoms with E-state index in [4.69, 9.17) is 5.73 Å². The summed E-state index contributed by atoms with van der Waals surface area (Å²) in [7, 11) is 0. The SMILES string of the molecule is CC(Cc1ccccc1)N1CCCC(N)C1=O. The zero-order valence-corrected chi connectivity index (χ0v) is 10.3. The third-order valence-corrected chi connectivity index (χ3v) is 3.42. The van der Waals surface area contributed by atoms with Gasteiger partial charge >= 0.3 is 0 Å². The Bertz CT molecular complexity index is 377. The lowest BCUT2D eigenvalue weighted by atomic mass is 10.0. The van der Waals surface area contributed by atoms with Crippen molar-refractivity contribution < 1.29 is 4.79 Å². The van der Waals surface area contributed by atoms with Gasteiger partial charge in [-0.3, -0.25) is 4.79 Å². The molecule has 1 saturated heterocycles. The van der Waals surface area contributed by atoms with Crippen molar-refractivity contribution in [3.8, 4) is 0 Å². The number of likely N-dealkylation sites (tertiary alicyclic amines) is 1. The maximum absolute atomic E-state index is 12.0. The summed E-state index contributed by atoms with van der Waals surface area (Å²) in [5, 5.41) is 0. The highest BCUT2D eigenvalue weighted by Crippen LogP contribution is 2.16. The largest absolute Gasteiger partial charge is 0.338 e. The summed E-state index contributed by atoms with van der Waals surface area (Å²) in [6, 6.07) is 10.2. The molecule has 2 unspecified atom stereocenters. The Morgan fingerprint density at radius 1 is 1.41 bits per heavy atom. The fraction of sp³-hybridized carbons (Fsp3) is 0.500. The van der Waals surface area contributed by atoms with Crippen LogP contribution in [0.2, 0.25) is 0 Å². The van der Waals surface area contributed by atoms with Crippen LogP contribution in [0, 0.1) is 0 Å². The molecule has 0 radical (unpaired) electrons. The molecule has 0 spiro atoms. The van der Waals surface area contributed by atoms with Gasteiger partial charge in [-0.2, -0.15) is 0 Å². The van der Waals surface area contributed by atoms with E-state index >= 15 is 0 Å². The normalized spacial score (nSPS) is 22.6. The van der Waals surface area contributed by atoms with Gasteiger partial charge in [-0.05, 0) is 31.7 Å². The van der Waals surface area contributed by atoms with Crippen LogP contribution in [0.1, 0.15) is 25.3 Å². The highest BCUT2D eigenvalue weighted by Gasteiger charge is 2.28. The van der Waals surface area contributed by atoms with Crippen LogP contribution in [0.5, 0.6) is 0 Å². The van der Waals surface area contributed by atoms with Crippen LogP contribution < -0.4 is 5.73 Å². The molecule has 1 aliphatic rings. The number of amides is 1. The number of rotatable bonds is 3. The van der Waals surface area contributed by atoms with Crippen LogP contribution in [-0.2, 0) is 11.2 Å². The lowest BCUT2D eigenvalue weighted by Crippen LogP contribution is -2.52. The van der Waals surface area contributed by atoms with Gasteiger partial charge in [0.15, 0.2) is 0 Å². The van der Waals surface area contributed by atoms with Crippen LogP contribution in [0.25, 0.3) is 0 Å². The van der Waals surface area contributed by atoms with E-state index in [1.165, 1.54) is 5.56 Å². The van der Waals surface area contributed by atoms with Crippen LogP contribution in [-0.4, -0.2) is 29.4 Å². The molecule has 1 aliphatic heterocycles. The number of nitrogens with two attached hydrogens (primary N) is 1. The fourth-order valence-corrected chi connectivity index (χ4v) is 2.43. The third kappa shape index (κ3) is 2.86. The van der Waals surface area contributed by atoms with Crippen LogP contribution >= 0.6 is 0 Å². The fourth-order valence-electron chi connectivity index (χ4n) is 2.43. The Hall–Kier alpha value is -1.35. The molecule has 1 heterocycles. The molecule has 2 N–H and O–H groups in total. The molecule has 2 atom stereocenters. The predicted molar refractivity (Wildman–Crippen MR) is 68.5 cm³/mol. The van der Waals surface area contributed by atoms with Gasteiger partial charge in [-0.1, -0.05) is 30.3 Å². The minimum atomic E-state index is -0.290. The van der Waals surface area contributed by atoms with E-state index in [1.54, 1.807) is 0 Å². The van der Waals surface area contributed by atoms with Crippen LogP contribution in [0.4, 0.5) is 0 Å². The van der Waals surface area contributed by atoms with Crippen molar-refractivity contribution in [2.75, 3.05) is 6.54 Å². The molecule has 1 fully saturated rings. The minimum Gasteiger partial charge on any atom is -0.338 e. The summed E-state index contributed by atoms with van der Waals surface area (Å²) in [5.74, 6) is 0.111. The molecule has 0 bridgehead atoms. The maximum atomic E-state index is 12.0. The minimum absolute atomic E-state index is 0.111. The Kier molecular flexibility index (Phi) is 3.79. The van der Waals surface area contributed by atoms with Crippen molar-refractivity contribution >= 4 is 5.91 Å². The van der Waals surface area contributed by atoms with Crippen molar-refractivity contribution in [1.82, 2.24) is 4.90 Å². The van der Waals surface area contributed by atoms with Crippen LogP contribution in [0.15, 0.2) is 30.3 Å². The monoisotopic (exact) mass is 232 g/mol. The molecular formula is C14H20N2O. The van der Waals surface area contributed by atoms with Gasteiger partial charge in [0.2, 0.25) is 5.91 Å². The van der Waals surface area contributed by atoms with Gasteiger partial charge < -0.3 is 10.6 Å². The second kappa shape index (κ2) is 5.32. The molecule has 0 aliphatic carbocycles. The van der Waals surface area contributed by atoms with E-state index in [0.29, 0.717) is 0 Å². The van der Waals surface area contributed by atoms with Crippen molar-refractivity contribution in [3.63, 3.8) is 0 Å². The molecular weight excluding hydrogens is 212 g/mol. The smallest absolute Gasteiger partial charge is 0.239 e. The van der Waals surface area contributed by atoms with Gasteiger partial charge in [-0.15, -0.1) is 0 Å². The quantitative estimate of drug-likeness (QED) is 0.859. The standard InChI is InChI=1S/C14H20N2O/c1-11(10-12-6-3-2-4-7-12)16-9-5-8-13(15)14(16)17/h2-4,6-7,11,13H,5,8-10,15H2,1H3. The number of nitrogens with zero attached hydrogens (tertiary/aromatic N) is 1. The van der Waals surface area contributed by atoms with Gasteiger partial charge in [-0.25, -0.2) is 0 Å². The van der Waals surface area contributed by atoms with Gasteiger partial charge in [0.25, 0.3) is 0 Å². The molecule has 17 heavy (non-hydrogen) atoms. The second-order valence-electron chi connectivity index (χ2n) is 4.82. The summed E-state index contributed by atoms with van der Waals surface area (Å²) < 4.78 is 0. The van der Waals surface area contributed by atoms with Crippen molar-refractivity contribution in [2.45, 2.75) is 38.3 Å². The van der Waals surface area contributed by atoms with Gasteiger partial charge in [0.1, 0.15) is 0 Å². The number of benzene rings is 1. The van der Waals surface area contributed by atoms with Crippen LogP contribution in [0.3, 0.4) is 0 Å². The van der Waals surface area contributed by atoms with Crippen molar-refractivity contribution in [3.05, 3.63) is 35.9 Å². The molecule has 0 aromatic heterocycles. The summed E-state index contributed by atoms with van der Waals surface area (Å²) in [6.45, 7) is 2.95. The molecule has 1 amide bonds. The van der Waals surface area contributed by atoms with E-state index in [-0.39, 0.29) is 18.0 Å². The number of carbonyl (C=O) groups is 1. The first-order valence-electron chi connectivity index (χ1n) is 6.28. The molecule has 2 rings (SSSR count). The highest BCUT2D eigenvalue weighted by atomic mass is 16.2. The summed E-state index contributed by atoms with van der Waals surface area (Å²) in [6.07, 6.45) is 2.75. The lowest BCUT2D eigenvalue weighted by Gasteiger charge is -2.35. The average Bonchev–Trinajstić information content (AvgIpc) is 2.34. The molecule has 0 saturated carbocycles. The van der Waals surface area contributed by atoms with E-state index < -0.39 is 0 Å². The van der Waals surface area contributed by atoms with Crippen molar-refractivity contribution in [1.29, 1.82) is 0 Å². The Morgan fingerprint density at radius 3 is 2.82 bits per heavy atom. The van der Waals surface area contributed by atoms with E-state index in [9.17, 15) is 4.79 Å². The Balaban J connectivity index is 2.00. The Morgan fingerprint density at radius 2 is 2.12 bits per heavy atom. The second-order valence-corrected chi connectivity index (χ2v) is 4.82. The number of hydrogen-bond acceptors (Lipinski definition) is 2. The molecule has 3 nitrogen and oxygen atoms in total. The first kappa shape index (κ1) is 12.1. The molecule has 1 aromatic carbocycles. The molecule has 92 valence electrons. The predicted octanol–water partition coefficient (Wildman–Crippen LogP) is 1.57. The van der Waals surface area contributed by atoms with E-state index in [1.807, 2.05) is 23.1 Å². The van der Waals surface area contributed by atoms with Crippen molar-refractivity contribution in [2.24, 2.45) is 5.73 Å². The average molecular weight is 232 g/mol. The third-order valence-electron chi connectivity index (χ3n) is 3.42. The summed E-state index contributed by atoms with van der Waals surface area (Å²) >= 11 is 0. The summed E-state index contributed by atoms with van der Waals surface area (Å²) in [5.41, 5.74) is 7.08. The Labute approximate surface area is 103 Å². The lowest BCUT2D eigenvalue weighted by molar-refractivity contribution is -0.137. The topological polar surface area (TPSA) is 46.3 Å². The first-order chi connectivity index (χ1) is 8.18.